The largest absolute Gasteiger partial charge is 0.426 e. The van der Waals surface area contributed by atoms with Crippen LogP contribution < -0.4 is 37.9 Å². The minimum atomic E-state index is -1.59. The maximum atomic E-state index is 14.6. The number of carbonyl (C=O) groups is 8. The van der Waals surface area contributed by atoms with E-state index in [1.807, 2.05) is 4.57 Å². The SMILES string of the molecule is CC(C)(CO)C(=O)Oc1cccc(OC(=O)CCCCn2ccnc2)c1-c1c2nc(c(-c3c(OC(=O)C(C)(C)CO)cccc3OC(=O)C(C)(C)CO)c3ccc([nH]3)c(-c3c(OC(=O)C(C)(C)CO)cccc3OC(=O)C(C)(C)CO)c3nc(c(-c4c(OC(=O)C(C)(C)CO)cccc4OC(=O)C(C)(C)CO)c4ccc1[nH]4)C=C3)C=C2. The third-order valence-corrected chi connectivity index (χ3v) is 19.6. The van der Waals surface area contributed by atoms with Crippen molar-refractivity contribution < 1.29 is 112 Å². The first-order valence-electron chi connectivity index (χ1n) is 37.4. The number of imidazole rings is 1. The summed E-state index contributed by atoms with van der Waals surface area (Å²) in [5, 5.41) is 74.6. The molecule has 6 heterocycles. The molecule has 0 saturated heterocycles. The van der Waals surface area contributed by atoms with Gasteiger partial charge >= 0.3 is 47.8 Å². The van der Waals surface area contributed by atoms with Crippen LogP contribution in [-0.2, 0) is 44.9 Å². The first-order chi connectivity index (χ1) is 54.7. The van der Waals surface area contributed by atoms with Gasteiger partial charge in [-0.1, -0.05) is 24.3 Å². The molecule has 0 amide bonds. The predicted molar refractivity (Wildman–Crippen MR) is 428 cm³/mol. The van der Waals surface area contributed by atoms with Gasteiger partial charge in [0.05, 0.1) is 136 Å². The Morgan fingerprint density at radius 3 is 0.750 bits per heavy atom. The van der Waals surface area contributed by atoms with E-state index in [4.69, 9.17) is 47.9 Å². The Hall–Kier alpha value is -11.8. The number of aliphatic hydroxyl groups is 7. The van der Waals surface area contributed by atoms with Crippen molar-refractivity contribution in [1.82, 2.24) is 29.5 Å². The van der Waals surface area contributed by atoms with Crippen molar-refractivity contribution in [3.8, 4) is 90.5 Å². The summed E-state index contributed by atoms with van der Waals surface area (Å²) in [4.78, 5) is 138. The molecule has 2 aliphatic heterocycles. The highest BCUT2D eigenvalue weighted by Gasteiger charge is 2.40. The summed E-state index contributed by atoms with van der Waals surface area (Å²) in [6.07, 6.45) is 11.9. The topological polar surface area (TPSA) is 427 Å². The van der Waals surface area contributed by atoms with Crippen molar-refractivity contribution >= 4 is 94.1 Å². The van der Waals surface area contributed by atoms with Crippen LogP contribution in [0.15, 0.2) is 116 Å². The van der Waals surface area contributed by atoms with Crippen molar-refractivity contribution in [2.24, 2.45) is 37.9 Å². The van der Waals surface area contributed by atoms with Crippen molar-refractivity contribution in [3.63, 3.8) is 0 Å². The molecule has 29 heteroatoms. The normalized spacial score (nSPS) is 12.6. The minimum absolute atomic E-state index is 0.0103. The molecule has 10 rings (SSSR count). The van der Waals surface area contributed by atoms with Gasteiger partial charge in [0.1, 0.15) is 46.0 Å². The molecule has 0 spiro atoms. The molecule has 116 heavy (non-hydrogen) atoms. The Morgan fingerprint density at radius 2 is 0.543 bits per heavy atom. The molecule has 8 aromatic rings. The second-order valence-corrected chi connectivity index (χ2v) is 32.8. The van der Waals surface area contributed by atoms with Gasteiger partial charge in [-0.2, -0.15) is 0 Å². The highest BCUT2D eigenvalue weighted by Crippen LogP contribution is 2.52. The van der Waals surface area contributed by atoms with Crippen LogP contribution >= 0.6 is 0 Å². The number of esters is 8. The van der Waals surface area contributed by atoms with Gasteiger partial charge in [0.2, 0.25) is 0 Å². The first-order valence-corrected chi connectivity index (χ1v) is 37.4. The highest BCUT2D eigenvalue weighted by atomic mass is 16.6. The van der Waals surface area contributed by atoms with Crippen LogP contribution in [0.4, 0.5) is 0 Å². The lowest BCUT2D eigenvalue weighted by Crippen LogP contribution is -2.33. The summed E-state index contributed by atoms with van der Waals surface area (Å²) in [6.45, 7) is 15.6. The maximum absolute atomic E-state index is 14.6. The second kappa shape index (κ2) is 34.7. The smallest absolute Gasteiger partial charge is 0.319 e. The average molecular weight is 1590 g/mol. The number of ether oxygens (including phenoxy) is 8. The molecule has 0 aliphatic carbocycles. The van der Waals surface area contributed by atoms with Crippen LogP contribution in [-0.4, -0.2) is 159 Å². The van der Waals surface area contributed by atoms with Crippen LogP contribution in [0.25, 0.3) is 90.9 Å². The summed E-state index contributed by atoms with van der Waals surface area (Å²) in [5.41, 5.74) is -11.9. The Labute approximate surface area is 668 Å². The first kappa shape index (κ1) is 86.6. The van der Waals surface area contributed by atoms with Gasteiger partial charge in [-0.15, -0.1) is 0 Å². The Morgan fingerprint density at radius 1 is 0.319 bits per heavy atom. The molecule has 2 aliphatic rings. The van der Waals surface area contributed by atoms with E-state index in [-0.39, 0.29) is 142 Å². The zero-order chi connectivity index (χ0) is 84.8. The van der Waals surface area contributed by atoms with Gasteiger partial charge in [-0.25, -0.2) is 15.0 Å². The van der Waals surface area contributed by atoms with Crippen LogP contribution in [0.2, 0.25) is 0 Å². The summed E-state index contributed by atoms with van der Waals surface area (Å²) < 4.78 is 52.4. The number of fused-ring (bicyclic) bond motifs is 8. The number of aromatic nitrogens is 6. The lowest BCUT2D eigenvalue weighted by molar-refractivity contribution is -0.147. The van der Waals surface area contributed by atoms with Gasteiger partial charge in [0.25, 0.3) is 0 Å². The summed E-state index contributed by atoms with van der Waals surface area (Å²) in [7, 11) is 0. The molecule has 8 bridgehead atoms. The molecule has 0 unspecified atom stereocenters. The van der Waals surface area contributed by atoms with Gasteiger partial charge < -0.3 is 88.2 Å². The van der Waals surface area contributed by atoms with Crippen molar-refractivity contribution in [3.05, 3.63) is 139 Å². The van der Waals surface area contributed by atoms with E-state index < -0.39 is 132 Å². The second-order valence-electron chi connectivity index (χ2n) is 32.8. The number of aliphatic hydroxyl groups excluding tert-OH is 7. The number of rotatable bonds is 31. The lowest BCUT2D eigenvalue weighted by Gasteiger charge is -2.24. The number of nitrogens with one attached hydrogen (secondary N) is 2. The fraction of sp³-hybridized carbons (Fsp3) is 0.368. The Kier molecular flexibility index (Phi) is 25.9. The number of aromatic amines is 2. The maximum Gasteiger partial charge on any atom is 0.319 e. The molecule has 29 nitrogen and oxygen atoms in total. The van der Waals surface area contributed by atoms with E-state index in [1.165, 1.54) is 194 Å². The van der Waals surface area contributed by atoms with Crippen LogP contribution in [0.5, 0.6) is 46.0 Å². The van der Waals surface area contributed by atoms with Crippen LogP contribution in [0.3, 0.4) is 0 Å². The fourth-order valence-electron chi connectivity index (χ4n) is 11.2. The molecule has 0 atom stereocenters. The van der Waals surface area contributed by atoms with Gasteiger partial charge in [0.15, 0.2) is 0 Å². The Balaban J connectivity index is 1.49. The number of carbonyl (C=O) groups excluding carboxylic acids is 8. The number of nitrogens with zero attached hydrogens (tertiary/aromatic N) is 4. The van der Waals surface area contributed by atoms with Crippen LogP contribution in [0, 0.1) is 37.9 Å². The standard InChI is InChI=1S/C87H96N6O23/c1-81(2,41-94)74(102)110-58-22-17-21-57(109-65(101)29-15-16-39-93-40-38-88-48-93)70(58)66-49-30-32-51(89-49)67(71-59(111-75(103)82(3,4)42-95)23-18-24-60(71)112-76(104)83(5,6)43-96)53-34-36-55(91-53)69(73-63(115-79(107)86(11,12)46-99)27-20-28-64(73)116-80(108)87(13,14)47-100)56-37-35-54(92-56)68(52-33-31-50(66)90-52)72-61(113-77(105)84(7,8)44-97)25-19-26-62(72)114-78(106)85(9,10)45-98/h17-28,30-38,40,48,89,92,94-100H,15-16,29,39,41-47H2,1-14H3. The van der Waals surface area contributed by atoms with Crippen molar-refractivity contribution in [2.75, 3.05) is 46.2 Å². The summed E-state index contributed by atoms with van der Waals surface area (Å²) in [6, 6.07) is 23.2. The third-order valence-electron chi connectivity index (χ3n) is 19.6. The van der Waals surface area contributed by atoms with E-state index >= 15 is 0 Å². The molecular formula is C87H96N6O23. The molecule has 4 aromatic carbocycles. The zero-order valence-corrected chi connectivity index (χ0v) is 67.0. The number of aryl methyl sites for hydroxylation is 1. The van der Waals surface area contributed by atoms with E-state index in [1.54, 1.807) is 43.0 Å². The van der Waals surface area contributed by atoms with Crippen LogP contribution in [0.1, 0.15) is 139 Å². The predicted octanol–water partition coefficient (Wildman–Crippen LogP) is 11.8. The highest BCUT2D eigenvalue weighted by molar-refractivity contribution is 6.06. The van der Waals surface area contributed by atoms with E-state index in [0.29, 0.717) is 19.4 Å². The molecular weight excluding hydrogens is 1500 g/mol. The number of benzene rings is 4. The number of unbranched alkanes of at least 4 members (excludes halogenated alkanes) is 1. The zero-order valence-electron chi connectivity index (χ0n) is 67.0. The van der Waals surface area contributed by atoms with Gasteiger partial charge in [-0.05, 0) is 207 Å². The number of hydrogen-bond donors (Lipinski definition) is 9. The number of H-pyrrole nitrogens is 2. The monoisotopic (exact) mass is 1590 g/mol. The van der Waals surface area contributed by atoms with E-state index in [2.05, 4.69) is 15.0 Å². The molecule has 9 N–H and O–H groups in total. The van der Waals surface area contributed by atoms with E-state index in [9.17, 15) is 74.1 Å². The molecule has 0 fully saturated rings. The molecule has 4 aromatic heterocycles. The minimum Gasteiger partial charge on any atom is -0.426 e. The average Bonchev–Trinajstić information content (AvgIpc) is 1.57. The molecule has 612 valence electrons. The quantitative estimate of drug-likeness (QED) is 0.0111. The fourth-order valence-corrected chi connectivity index (χ4v) is 11.2. The number of hydrogen-bond acceptors (Lipinski definition) is 26. The third kappa shape index (κ3) is 18.6. The summed E-state index contributed by atoms with van der Waals surface area (Å²) in [5.74, 6) is -9.65. The van der Waals surface area contributed by atoms with Gasteiger partial charge in [0, 0.05) is 69.7 Å². The summed E-state index contributed by atoms with van der Waals surface area (Å²) >= 11 is 0. The van der Waals surface area contributed by atoms with Crippen molar-refractivity contribution in [1.29, 1.82) is 0 Å². The van der Waals surface area contributed by atoms with Crippen molar-refractivity contribution in [2.45, 2.75) is 123 Å². The van der Waals surface area contributed by atoms with Gasteiger partial charge in [-0.3, -0.25) is 38.4 Å². The Bertz CT molecular complexity index is 5130. The molecule has 0 radical (unpaired) electrons. The lowest BCUT2D eigenvalue weighted by atomic mass is 9.94. The van der Waals surface area contributed by atoms with E-state index in [0.717, 1.165) is 0 Å². The molecule has 0 saturated carbocycles.